The summed E-state index contributed by atoms with van der Waals surface area (Å²) in [6.07, 6.45) is -5.31. The van der Waals surface area contributed by atoms with Gasteiger partial charge in [0.25, 0.3) is 5.70 Å². The lowest BCUT2D eigenvalue weighted by atomic mass is 9.91. The van der Waals surface area contributed by atoms with Gasteiger partial charge in [-0.1, -0.05) is 0 Å². The van der Waals surface area contributed by atoms with Gasteiger partial charge < -0.3 is 15.1 Å². The van der Waals surface area contributed by atoms with Gasteiger partial charge in [-0.15, -0.1) is 0 Å². The molecular weight excluding hydrogens is 530 g/mol. The highest BCUT2D eigenvalue weighted by Crippen LogP contribution is 2.36. The number of carbonyl (C=O) groups excluding carboxylic acids is 1. The van der Waals surface area contributed by atoms with Gasteiger partial charge in [-0.3, -0.25) is 14.9 Å². The van der Waals surface area contributed by atoms with Crippen molar-refractivity contribution in [2.45, 2.75) is 63.3 Å². The van der Waals surface area contributed by atoms with Crippen LogP contribution in [0.15, 0.2) is 47.3 Å². The summed E-state index contributed by atoms with van der Waals surface area (Å²) < 4.78 is 78.2. The summed E-state index contributed by atoms with van der Waals surface area (Å²) in [4.78, 5) is 26.5. The molecule has 0 unspecified atom stereocenters. The number of nitrogens with zero attached hydrogens (tertiary/aromatic N) is 3. The van der Waals surface area contributed by atoms with Gasteiger partial charge >= 0.3 is 12.4 Å². The molecule has 214 valence electrons. The number of anilines is 1. The van der Waals surface area contributed by atoms with Crippen LogP contribution in [0.2, 0.25) is 0 Å². The Bertz CT molecular complexity index is 1120. The maximum absolute atomic E-state index is 13.3. The number of hydrogen-bond donors (Lipinski definition) is 1. The van der Waals surface area contributed by atoms with Crippen molar-refractivity contribution in [2.75, 3.05) is 31.1 Å². The lowest BCUT2D eigenvalue weighted by Crippen LogP contribution is -2.36. The van der Waals surface area contributed by atoms with E-state index in [2.05, 4.69) is 5.32 Å². The van der Waals surface area contributed by atoms with Gasteiger partial charge in [0.2, 0.25) is 5.91 Å². The number of alkyl halides is 6. The van der Waals surface area contributed by atoms with E-state index in [-0.39, 0.29) is 30.5 Å². The monoisotopic (exact) mass is 560 g/mol. The van der Waals surface area contributed by atoms with E-state index >= 15 is 0 Å². The maximum Gasteiger partial charge on any atom is 0.422 e. The van der Waals surface area contributed by atoms with Crippen molar-refractivity contribution in [2.24, 2.45) is 5.92 Å². The van der Waals surface area contributed by atoms with E-state index in [1.54, 1.807) is 4.90 Å². The third-order valence-electron chi connectivity index (χ3n) is 7.66. The summed E-state index contributed by atoms with van der Waals surface area (Å²) in [7, 11) is 0. The minimum atomic E-state index is -4.82. The van der Waals surface area contributed by atoms with E-state index in [0.717, 1.165) is 36.7 Å². The number of piperidine rings is 1. The third-order valence-corrected chi connectivity index (χ3v) is 7.66. The van der Waals surface area contributed by atoms with Crippen molar-refractivity contribution in [1.82, 2.24) is 10.2 Å². The van der Waals surface area contributed by atoms with E-state index in [9.17, 15) is 41.3 Å². The average Bonchev–Trinajstić information content (AvgIpc) is 3.35. The van der Waals surface area contributed by atoms with Gasteiger partial charge in [0.05, 0.1) is 10.5 Å². The molecule has 0 bridgehead atoms. The van der Waals surface area contributed by atoms with Crippen LogP contribution >= 0.6 is 0 Å². The quantitative estimate of drug-likeness (QED) is 0.265. The second-order valence-corrected chi connectivity index (χ2v) is 10.3. The zero-order chi connectivity index (χ0) is 28.4. The summed E-state index contributed by atoms with van der Waals surface area (Å²) in [5.41, 5.74) is -1.72. The minimum absolute atomic E-state index is 0.0198. The van der Waals surface area contributed by atoms with Crippen LogP contribution in [-0.2, 0) is 11.0 Å². The molecule has 3 aliphatic rings. The Labute approximate surface area is 221 Å². The molecule has 1 aliphatic carbocycles. The van der Waals surface area contributed by atoms with Gasteiger partial charge in [0, 0.05) is 56.4 Å². The Balaban J connectivity index is 1.21. The molecule has 2 heterocycles. The zero-order valence-electron chi connectivity index (χ0n) is 21.2. The molecule has 0 radical (unpaired) electrons. The number of hydrogen-bond acceptors (Lipinski definition) is 5. The normalized spacial score (nSPS) is 21.3. The van der Waals surface area contributed by atoms with Crippen molar-refractivity contribution < 1.29 is 36.1 Å². The van der Waals surface area contributed by atoms with Gasteiger partial charge in [0.15, 0.2) is 0 Å². The molecule has 4 rings (SSSR count). The number of rotatable bonds is 7. The van der Waals surface area contributed by atoms with E-state index in [1.807, 2.05) is 4.90 Å². The van der Waals surface area contributed by atoms with Gasteiger partial charge in [-0.2, -0.15) is 26.3 Å². The fourth-order valence-corrected chi connectivity index (χ4v) is 5.46. The molecule has 2 aliphatic heterocycles. The molecular formula is C26H30F6N4O3. The van der Waals surface area contributed by atoms with Crippen molar-refractivity contribution in [1.29, 1.82) is 0 Å². The first-order valence-electron chi connectivity index (χ1n) is 12.9. The van der Waals surface area contributed by atoms with Crippen LogP contribution < -0.4 is 10.2 Å². The van der Waals surface area contributed by atoms with Gasteiger partial charge in [-0.25, -0.2) is 0 Å². The number of benzene rings is 1. The van der Waals surface area contributed by atoms with E-state index in [1.165, 1.54) is 12.1 Å². The fraction of sp³-hybridized carbons (Fsp3) is 0.577. The molecule has 7 nitrogen and oxygen atoms in total. The Kier molecular flexibility index (Phi) is 8.45. The molecule has 0 aromatic heterocycles. The maximum atomic E-state index is 13.3. The summed E-state index contributed by atoms with van der Waals surface area (Å²) in [5, 5.41) is 14.0. The van der Waals surface area contributed by atoms with Crippen molar-refractivity contribution >= 4 is 11.6 Å². The molecule has 2 saturated heterocycles. The largest absolute Gasteiger partial charge is 0.422 e. The number of carbonyl (C=O) groups is 1. The molecule has 1 N–H and O–H groups in total. The molecule has 0 spiro atoms. The van der Waals surface area contributed by atoms with Gasteiger partial charge in [0.1, 0.15) is 5.57 Å². The Hall–Kier alpha value is -3.25. The first kappa shape index (κ1) is 28.8. The average molecular weight is 561 g/mol. The zero-order valence-corrected chi connectivity index (χ0v) is 21.2. The van der Waals surface area contributed by atoms with E-state index < -0.39 is 34.1 Å². The highest BCUT2D eigenvalue weighted by Gasteiger charge is 2.42. The van der Waals surface area contributed by atoms with Crippen LogP contribution in [0.4, 0.5) is 32.0 Å². The minimum Gasteiger partial charge on any atom is -0.384 e. The van der Waals surface area contributed by atoms with E-state index in [4.69, 9.17) is 0 Å². The first-order chi connectivity index (χ1) is 18.3. The number of allylic oxidation sites excluding steroid dienone is 4. The fourth-order valence-electron chi connectivity index (χ4n) is 5.46. The number of likely N-dealkylation sites (tertiary alicyclic amines) is 1. The Morgan fingerprint density at radius 3 is 2.23 bits per heavy atom. The molecule has 1 atom stereocenters. The second kappa shape index (κ2) is 11.5. The first-order valence-corrected chi connectivity index (χ1v) is 12.9. The second-order valence-electron chi connectivity index (χ2n) is 10.3. The lowest BCUT2D eigenvalue weighted by molar-refractivity contribution is -0.430. The molecule has 13 heteroatoms. The summed E-state index contributed by atoms with van der Waals surface area (Å²) in [6, 6.07) is 4.90. The standard InChI is InChI=1S/C26H30F6N4O3/c27-25(28,29)18-2-5-21(6-3-18)34-12-9-17(10-13-34)1-8-24(37)35-14-11-20(16-35)33-19-4-7-23(36(38)39)22(15-19)26(30,31)32/h2-3,5-6,15,17,20,33H,1,4,7-14,16H2/t20-/m1/s1. The molecule has 1 amide bonds. The van der Waals surface area contributed by atoms with Crippen LogP contribution in [0.1, 0.15) is 50.5 Å². The number of nitro groups is 1. The third kappa shape index (κ3) is 7.24. The van der Waals surface area contributed by atoms with Crippen LogP contribution in [-0.4, -0.2) is 54.1 Å². The summed E-state index contributed by atoms with van der Waals surface area (Å²) in [6.45, 7) is 2.23. The van der Waals surface area contributed by atoms with Crippen LogP contribution in [0.3, 0.4) is 0 Å². The predicted molar refractivity (Wildman–Crippen MR) is 131 cm³/mol. The smallest absolute Gasteiger partial charge is 0.384 e. The van der Waals surface area contributed by atoms with E-state index in [0.29, 0.717) is 51.4 Å². The Morgan fingerprint density at radius 2 is 1.64 bits per heavy atom. The van der Waals surface area contributed by atoms with Crippen LogP contribution in [0.5, 0.6) is 0 Å². The Morgan fingerprint density at radius 1 is 0.974 bits per heavy atom. The molecule has 0 saturated carbocycles. The summed E-state index contributed by atoms with van der Waals surface area (Å²) in [5.74, 6) is 0.306. The van der Waals surface area contributed by atoms with Crippen molar-refractivity contribution in [3.63, 3.8) is 0 Å². The number of amides is 1. The molecule has 2 fully saturated rings. The van der Waals surface area contributed by atoms with Crippen molar-refractivity contribution in [3.8, 4) is 0 Å². The number of halogens is 6. The lowest BCUT2D eigenvalue weighted by Gasteiger charge is -2.34. The van der Waals surface area contributed by atoms with Crippen LogP contribution in [0.25, 0.3) is 0 Å². The molecule has 1 aromatic rings. The SMILES string of the molecule is O=C(CCC1CCN(c2ccc(C(F)(F)F)cc2)CC1)N1CC[C@@H](NC2=CC(C(F)(F)F)=C([N+](=O)[O-])CC2)C1. The predicted octanol–water partition coefficient (Wildman–Crippen LogP) is 5.66. The molecule has 1 aromatic carbocycles. The number of nitrogens with one attached hydrogen (secondary N) is 1. The summed E-state index contributed by atoms with van der Waals surface area (Å²) >= 11 is 0. The highest BCUT2D eigenvalue weighted by atomic mass is 19.4. The van der Waals surface area contributed by atoms with Crippen molar-refractivity contribution in [3.05, 3.63) is 63.0 Å². The van der Waals surface area contributed by atoms with Gasteiger partial charge in [-0.05, 0) is 68.4 Å². The van der Waals surface area contributed by atoms with Crippen LogP contribution in [0, 0.1) is 16.0 Å². The highest BCUT2D eigenvalue weighted by molar-refractivity contribution is 5.76. The topological polar surface area (TPSA) is 78.7 Å². The molecule has 39 heavy (non-hydrogen) atoms.